The summed E-state index contributed by atoms with van der Waals surface area (Å²) >= 11 is 0. The Bertz CT molecular complexity index is 737. The van der Waals surface area contributed by atoms with Crippen molar-refractivity contribution in [3.05, 3.63) is 23.8 Å². The molecule has 1 heterocycles. The minimum Gasteiger partial charge on any atom is -0.493 e. The smallest absolute Gasteiger partial charge is 0.407 e. The Labute approximate surface area is 184 Å². The fourth-order valence-corrected chi connectivity index (χ4v) is 4.18. The quantitative estimate of drug-likeness (QED) is 0.481. The summed E-state index contributed by atoms with van der Waals surface area (Å²) in [4.78, 5) is 24.3. The van der Waals surface area contributed by atoms with E-state index in [4.69, 9.17) is 14.2 Å². The van der Waals surface area contributed by atoms with Crippen LogP contribution in [0.15, 0.2) is 18.2 Å². The molecule has 0 bridgehead atoms. The molecule has 3 atom stereocenters. The van der Waals surface area contributed by atoms with Gasteiger partial charge in [0, 0.05) is 33.2 Å². The SMILES string of the molecule is COCCCOc1cc(C[C@@H](C[C@H]2CN(C(=O)O)C[C@H]2C(=O)O)C(C)C)ccc1OC. The van der Waals surface area contributed by atoms with Gasteiger partial charge in [-0.15, -0.1) is 0 Å². The summed E-state index contributed by atoms with van der Waals surface area (Å²) in [5.74, 6) is 0.113. The number of ether oxygens (including phenoxy) is 3. The highest BCUT2D eigenvalue weighted by atomic mass is 16.5. The molecule has 0 aliphatic carbocycles. The van der Waals surface area contributed by atoms with Crippen molar-refractivity contribution in [2.75, 3.05) is 40.5 Å². The zero-order valence-corrected chi connectivity index (χ0v) is 18.9. The summed E-state index contributed by atoms with van der Waals surface area (Å²) in [6.45, 7) is 5.71. The second-order valence-corrected chi connectivity index (χ2v) is 8.52. The van der Waals surface area contributed by atoms with Gasteiger partial charge in [0.15, 0.2) is 11.5 Å². The van der Waals surface area contributed by atoms with Crippen LogP contribution in [-0.4, -0.2) is 67.7 Å². The average Bonchev–Trinajstić information content (AvgIpc) is 3.15. The van der Waals surface area contributed by atoms with Gasteiger partial charge in [-0.25, -0.2) is 4.79 Å². The lowest BCUT2D eigenvalue weighted by Crippen LogP contribution is -2.28. The van der Waals surface area contributed by atoms with Gasteiger partial charge in [0.1, 0.15) is 0 Å². The molecular weight excluding hydrogens is 402 g/mol. The predicted molar refractivity (Wildman–Crippen MR) is 116 cm³/mol. The third-order valence-electron chi connectivity index (χ3n) is 6.05. The van der Waals surface area contributed by atoms with Crippen molar-refractivity contribution in [3.63, 3.8) is 0 Å². The first-order valence-electron chi connectivity index (χ1n) is 10.8. The van der Waals surface area contributed by atoms with Gasteiger partial charge in [-0.3, -0.25) is 4.79 Å². The first-order valence-corrected chi connectivity index (χ1v) is 10.8. The molecule has 31 heavy (non-hydrogen) atoms. The molecule has 174 valence electrons. The third-order valence-corrected chi connectivity index (χ3v) is 6.05. The summed E-state index contributed by atoms with van der Waals surface area (Å²) < 4.78 is 16.3. The van der Waals surface area contributed by atoms with Crippen LogP contribution >= 0.6 is 0 Å². The molecule has 2 N–H and O–H groups in total. The van der Waals surface area contributed by atoms with Crippen molar-refractivity contribution in [1.82, 2.24) is 4.90 Å². The molecule has 1 aromatic carbocycles. The minimum atomic E-state index is -1.06. The van der Waals surface area contributed by atoms with E-state index in [1.54, 1.807) is 14.2 Å². The molecule has 1 aliphatic heterocycles. The Morgan fingerprint density at radius 1 is 1.13 bits per heavy atom. The van der Waals surface area contributed by atoms with Crippen LogP contribution in [0.4, 0.5) is 4.79 Å². The van der Waals surface area contributed by atoms with Crippen molar-refractivity contribution < 1.29 is 34.0 Å². The Balaban J connectivity index is 2.11. The summed E-state index contributed by atoms with van der Waals surface area (Å²) in [5, 5.41) is 18.9. The number of nitrogens with zero attached hydrogens (tertiary/aromatic N) is 1. The van der Waals surface area contributed by atoms with Crippen molar-refractivity contribution in [1.29, 1.82) is 0 Å². The molecule has 0 saturated carbocycles. The number of rotatable bonds is 12. The average molecular weight is 438 g/mol. The first-order chi connectivity index (χ1) is 14.8. The van der Waals surface area contributed by atoms with Crippen LogP contribution < -0.4 is 9.47 Å². The van der Waals surface area contributed by atoms with Gasteiger partial charge in [0.25, 0.3) is 0 Å². The molecule has 0 radical (unpaired) electrons. The second-order valence-electron chi connectivity index (χ2n) is 8.52. The molecule has 1 fully saturated rings. The van der Waals surface area contributed by atoms with E-state index in [1.807, 2.05) is 18.2 Å². The van der Waals surface area contributed by atoms with Gasteiger partial charge in [0.05, 0.1) is 19.6 Å². The number of methoxy groups -OCH3 is 2. The maximum atomic E-state index is 11.7. The number of carboxylic acid groups (broad SMARTS) is 2. The molecule has 1 aromatic rings. The normalized spacial score (nSPS) is 19.5. The summed E-state index contributed by atoms with van der Waals surface area (Å²) in [6.07, 6.45) is 1.14. The number of aliphatic carboxylic acids is 1. The first kappa shape index (κ1) is 24.8. The molecule has 0 unspecified atom stereocenters. The standard InChI is InChI=1S/C23H35NO7/c1-15(2)17(12-18-13-24(23(27)28)14-19(18)22(25)26)10-16-6-7-20(30-4)21(11-16)31-9-5-8-29-3/h6-7,11,15,17-19H,5,8-10,12-14H2,1-4H3,(H,25,26)(H,27,28)/t17-,18-,19+/m0/s1. The van der Waals surface area contributed by atoms with Gasteiger partial charge in [-0.2, -0.15) is 0 Å². The Kier molecular flexibility index (Phi) is 9.43. The lowest BCUT2D eigenvalue weighted by atomic mass is 9.79. The maximum absolute atomic E-state index is 11.7. The molecule has 0 aromatic heterocycles. The lowest BCUT2D eigenvalue weighted by Gasteiger charge is -2.26. The Hall–Kier alpha value is -2.48. The van der Waals surface area contributed by atoms with Gasteiger partial charge in [0.2, 0.25) is 0 Å². The fourth-order valence-electron chi connectivity index (χ4n) is 4.18. The topological polar surface area (TPSA) is 106 Å². The van der Waals surface area contributed by atoms with E-state index in [1.165, 1.54) is 4.90 Å². The van der Waals surface area contributed by atoms with E-state index < -0.39 is 18.0 Å². The lowest BCUT2D eigenvalue weighted by molar-refractivity contribution is -0.142. The van der Waals surface area contributed by atoms with E-state index in [0.717, 1.165) is 18.4 Å². The number of carboxylic acids is 1. The Morgan fingerprint density at radius 2 is 1.87 bits per heavy atom. The molecule has 8 nitrogen and oxygen atoms in total. The van der Waals surface area contributed by atoms with Crippen LogP contribution in [0.3, 0.4) is 0 Å². The van der Waals surface area contributed by atoms with Crippen LogP contribution in [-0.2, 0) is 16.0 Å². The molecule has 8 heteroatoms. The third kappa shape index (κ3) is 7.02. The summed E-state index contributed by atoms with van der Waals surface area (Å²) in [6, 6.07) is 5.87. The number of likely N-dealkylation sites (tertiary alicyclic amines) is 1. The zero-order valence-electron chi connectivity index (χ0n) is 18.9. The largest absolute Gasteiger partial charge is 0.493 e. The molecular formula is C23H35NO7. The van der Waals surface area contributed by atoms with Gasteiger partial charge >= 0.3 is 12.1 Å². The van der Waals surface area contributed by atoms with E-state index in [2.05, 4.69) is 13.8 Å². The molecule has 1 aliphatic rings. The predicted octanol–water partition coefficient (Wildman–Crippen LogP) is 3.63. The van der Waals surface area contributed by atoms with Crippen LogP contribution in [0.2, 0.25) is 0 Å². The van der Waals surface area contributed by atoms with Crippen LogP contribution in [0, 0.1) is 23.7 Å². The number of hydrogen-bond donors (Lipinski definition) is 2. The highest BCUT2D eigenvalue weighted by molar-refractivity contribution is 5.73. The van der Waals surface area contributed by atoms with E-state index in [0.29, 0.717) is 37.1 Å². The van der Waals surface area contributed by atoms with E-state index in [9.17, 15) is 19.8 Å². The van der Waals surface area contributed by atoms with Crippen molar-refractivity contribution >= 4 is 12.1 Å². The van der Waals surface area contributed by atoms with Crippen molar-refractivity contribution in [2.45, 2.75) is 33.1 Å². The van der Waals surface area contributed by atoms with Crippen LogP contribution in [0.5, 0.6) is 11.5 Å². The van der Waals surface area contributed by atoms with Crippen molar-refractivity contribution in [3.8, 4) is 11.5 Å². The zero-order chi connectivity index (χ0) is 23.0. The second kappa shape index (κ2) is 11.8. The van der Waals surface area contributed by atoms with E-state index in [-0.39, 0.29) is 24.9 Å². The number of amides is 1. The van der Waals surface area contributed by atoms with Crippen LogP contribution in [0.25, 0.3) is 0 Å². The minimum absolute atomic E-state index is 0.0577. The molecule has 2 rings (SSSR count). The monoisotopic (exact) mass is 437 g/mol. The van der Waals surface area contributed by atoms with Gasteiger partial charge in [-0.1, -0.05) is 19.9 Å². The number of carbonyl (C=O) groups is 2. The fraction of sp³-hybridized carbons (Fsp3) is 0.652. The van der Waals surface area contributed by atoms with Gasteiger partial charge in [-0.05, 0) is 48.3 Å². The number of hydrogen-bond acceptors (Lipinski definition) is 5. The Morgan fingerprint density at radius 3 is 2.45 bits per heavy atom. The highest BCUT2D eigenvalue weighted by Gasteiger charge is 2.40. The highest BCUT2D eigenvalue weighted by Crippen LogP contribution is 2.35. The number of benzene rings is 1. The van der Waals surface area contributed by atoms with Gasteiger partial charge < -0.3 is 29.3 Å². The summed E-state index contributed by atoms with van der Waals surface area (Å²) in [5.41, 5.74) is 1.08. The molecule has 1 saturated heterocycles. The molecule has 1 amide bonds. The molecule has 0 spiro atoms. The van der Waals surface area contributed by atoms with E-state index >= 15 is 0 Å². The van der Waals surface area contributed by atoms with Crippen molar-refractivity contribution in [2.24, 2.45) is 23.7 Å². The maximum Gasteiger partial charge on any atom is 0.407 e. The summed E-state index contributed by atoms with van der Waals surface area (Å²) in [7, 11) is 3.26. The van der Waals surface area contributed by atoms with Crippen LogP contribution in [0.1, 0.15) is 32.3 Å².